The van der Waals surface area contributed by atoms with Crippen molar-refractivity contribution in [2.45, 2.75) is 42.4 Å². The molecule has 2 fully saturated rings. The molecule has 0 aromatic heterocycles. The number of ether oxygens (including phenoxy) is 2. The smallest absolute Gasteiger partial charge is 0.197 e. The Morgan fingerprint density at radius 3 is 2.23 bits per heavy atom. The van der Waals surface area contributed by atoms with Crippen molar-refractivity contribution in [2.75, 3.05) is 40.4 Å². The van der Waals surface area contributed by atoms with Gasteiger partial charge in [-0.25, -0.2) is 0 Å². The number of hydrogen-bond donors (Lipinski definition) is 1. The fourth-order valence-corrected chi connectivity index (χ4v) is 5.65. The van der Waals surface area contributed by atoms with Gasteiger partial charge in [0.1, 0.15) is 0 Å². The summed E-state index contributed by atoms with van der Waals surface area (Å²) in [5.41, 5.74) is 1.09. The molecule has 0 aliphatic carbocycles. The molecule has 0 atom stereocenters. The van der Waals surface area contributed by atoms with E-state index in [1.165, 1.54) is 12.8 Å². The van der Waals surface area contributed by atoms with Gasteiger partial charge in [0.15, 0.2) is 5.79 Å². The third-order valence-corrected chi connectivity index (χ3v) is 7.52. The molecule has 2 heterocycles. The summed E-state index contributed by atoms with van der Waals surface area (Å²) < 4.78 is 12.2. The first-order valence-corrected chi connectivity index (χ1v) is 11.8. The summed E-state index contributed by atoms with van der Waals surface area (Å²) in [5.74, 6) is -0.352. The summed E-state index contributed by atoms with van der Waals surface area (Å²) in [7, 11) is 3.54. The van der Waals surface area contributed by atoms with Gasteiger partial charge in [0, 0.05) is 41.5 Å². The molecule has 1 aromatic rings. The first-order chi connectivity index (χ1) is 14.7. The van der Waals surface area contributed by atoms with Crippen molar-refractivity contribution < 1.29 is 9.47 Å². The third-order valence-electron chi connectivity index (χ3n) is 6.47. The van der Waals surface area contributed by atoms with Gasteiger partial charge in [-0.1, -0.05) is 49.2 Å². The van der Waals surface area contributed by atoms with E-state index in [0.717, 1.165) is 60.4 Å². The molecule has 0 spiro atoms. The van der Waals surface area contributed by atoms with Crippen molar-refractivity contribution >= 4 is 11.8 Å². The highest BCUT2D eigenvalue weighted by Crippen LogP contribution is 2.41. The van der Waals surface area contributed by atoms with Crippen LogP contribution >= 0.6 is 11.8 Å². The van der Waals surface area contributed by atoms with Gasteiger partial charge in [-0.05, 0) is 70.1 Å². The zero-order valence-corrected chi connectivity index (χ0v) is 19.3. The maximum Gasteiger partial charge on any atom is 0.197 e. The molecule has 0 saturated carbocycles. The van der Waals surface area contributed by atoms with Crippen LogP contribution in [0.25, 0.3) is 0 Å². The molecule has 0 radical (unpaired) electrons. The molecule has 1 N–H and O–H groups in total. The van der Waals surface area contributed by atoms with E-state index in [9.17, 15) is 0 Å². The Kier molecular flexibility index (Phi) is 8.78. The van der Waals surface area contributed by atoms with E-state index in [0.29, 0.717) is 5.92 Å². The summed E-state index contributed by atoms with van der Waals surface area (Å²) in [4.78, 5) is 4.91. The van der Waals surface area contributed by atoms with Crippen LogP contribution in [-0.4, -0.2) is 51.3 Å². The molecule has 2 aliphatic heterocycles. The van der Waals surface area contributed by atoms with E-state index in [1.807, 2.05) is 12.2 Å². The molecule has 5 heteroatoms. The van der Waals surface area contributed by atoms with E-state index in [1.54, 1.807) is 32.1 Å². The van der Waals surface area contributed by atoms with Gasteiger partial charge in [-0.3, -0.25) is 0 Å². The SMILES string of the molecule is C=C/C=C(\C=C)Sc1ccc(C(OC)(OC)C2CCN(C3CCNCC3)CC2)cc1. The number of piperidine rings is 2. The number of methoxy groups -OCH3 is 2. The topological polar surface area (TPSA) is 33.7 Å². The lowest BCUT2D eigenvalue weighted by atomic mass is 9.83. The summed E-state index contributed by atoms with van der Waals surface area (Å²) in [6, 6.07) is 9.28. The second-order valence-corrected chi connectivity index (χ2v) is 9.15. The fraction of sp³-hybridized carbons (Fsp3) is 0.520. The molecule has 2 saturated heterocycles. The Morgan fingerprint density at radius 2 is 1.70 bits per heavy atom. The molecular weight excluding hydrogens is 392 g/mol. The molecule has 4 nitrogen and oxygen atoms in total. The van der Waals surface area contributed by atoms with Crippen molar-refractivity contribution in [1.29, 1.82) is 0 Å². The quantitative estimate of drug-likeness (QED) is 0.342. The van der Waals surface area contributed by atoms with Crippen LogP contribution in [0.15, 0.2) is 65.5 Å². The molecule has 0 bridgehead atoms. The highest BCUT2D eigenvalue weighted by molar-refractivity contribution is 8.03. The number of nitrogens with one attached hydrogen (secondary N) is 1. The molecule has 0 amide bonds. The van der Waals surface area contributed by atoms with E-state index in [-0.39, 0.29) is 0 Å². The standard InChI is InChI=1S/C25H36N2O2S/c1-5-7-23(6-2)30-24-10-8-20(9-11-24)25(28-3,29-4)21-14-18-27(19-15-21)22-12-16-26-17-13-22/h5-11,21-22,26H,1-2,12-19H2,3-4H3/b23-7+. The molecule has 1 aromatic carbocycles. The van der Waals surface area contributed by atoms with E-state index >= 15 is 0 Å². The number of nitrogens with zero attached hydrogens (tertiary/aromatic N) is 1. The second-order valence-electron chi connectivity index (χ2n) is 8.00. The zero-order valence-electron chi connectivity index (χ0n) is 18.4. The lowest BCUT2D eigenvalue weighted by Crippen LogP contribution is -2.50. The van der Waals surface area contributed by atoms with Crippen LogP contribution in [-0.2, 0) is 15.3 Å². The summed E-state index contributed by atoms with van der Waals surface area (Å²) in [5, 5.41) is 3.47. The maximum atomic E-state index is 6.08. The van der Waals surface area contributed by atoms with E-state index in [2.05, 4.69) is 47.6 Å². The predicted molar refractivity (Wildman–Crippen MR) is 127 cm³/mol. The van der Waals surface area contributed by atoms with Crippen LogP contribution in [0.3, 0.4) is 0 Å². The average molecular weight is 429 g/mol. The first kappa shape index (κ1) is 23.3. The fourth-order valence-electron chi connectivity index (χ4n) is 4.86. The van der Waals surface area contributed by atoms with Gasteiger partial charge < -0.3 is 19.7 Å². The minimum atomic E-state index is -0.693. The van der Waals surface area contributed by atoms with Crippen LogP contribution in [0, 0.1) is 5.92 Å². The van der Waals surface area contributed by atoms with Crippen molar-refractivity contribution in [2.24, 2.45) is 5.92 Å². The Bertz CT molecular complexity index is 713. The maximum absolute atomic E-state index is 6.08. The normalized spacial score (nSPS) is 20.3. The van der Waals surface area contributed by atoms with Crippen LogP contribution in [0.2, 0.25) is 0 Å². The number of allylic oxidation sites excluding steroid dienone is 3. The minimum absolute atomic E-state index is 0.341. The molecule has 164 valence electrons. The average Bonchev–Trinajstić information content (AvgIpc) is 2.82. The van der Waals surface area contributed by atoms with Crippen molar-refractivity contribution in [3.05, 3.63) is 66.1 Å². The van der Waals surface area contributed by atoms with Crippen LogP contribution < -0.4 is 5.32 Å². The second kappa shape index (κ2) is 11.3. The van der Waals surface area contributed by atoms with Crippen molar-refractivity contribution in [3.63, 3.8) is 0 Å². The van der Waals surface area contributed by atoms with Crippen LogP contribution in [0.1, 0.15) is 31.2 Å². The summed E-state index contributed by atoms with van der Waals surface area (Å²) in [6.45, 7) is 12.2. The zero-order chi connectivity index (χ0) is 21.4. The van der Waals surface area contributed by atoms with Gasteiger partial charge in [-0.2, -0.15) is 0 Å². The lowest BCUT2D eigenvalue weighted by molar-refractivity contribution is -0.257. The Balaban J connectivity index is 1.70. The van der Waals surface area contributed by atoms with Gasteiger partial charge in [0.25, 0.3) is 0 Å². The number of likely N-dealkylation sites (tertiary alicyclic amines) is 1. The van der Waals surface area contributed by atoms with E-state index < -0.39 is 5.79 Å². The van der Waals surface area contributed by atoms with Crippen LogP contribution in [0.5, 0.6) is 0 Å². The number of hydrogen-bond acceptors (Lipinski definition) is 5. The third kappa shape index (κ3) is 5.27. The monoisotopic (exact) mass is 428 g/mol. The number of thioether (sulfide) groups is 1. The molecule has 30 heavy (non-hydrogen) atoms. The van der Waals surface area contributed by atoms with Gasteiger partial charge >= 0.3 is 0 Å². The molecular formula is C25H36N2O2S. The van der Waals surface area contributed by atoms with Gasteiger partial charge in [0.2, 0.25) is 0 Å². The predicted octanol–water partition coefficient (Wildman–Crippen LogP) is 4.94. The summed E-state index contributed by atoms with van der Waals surface area (Å²) >= 11 is 1.68. The highest BCUT2D eigenvalue weighted by Gasteiger charge is 2.43. The molecule has 3 rings (SSSR count). The molecule has 2 aliphatic rings. The summed E-state index contributed by atoms with van der Waals surface area (Å²) in [6.07, 6.45) is 10.3. The largest absolute Gasteiger partial charge is 0.349 e. The van der Waals surface area contributed by atoms with Gasteiger partial charge in [-0.15, -0.1) is 0 Å². The van der Waals surface area contributed by atoms with Crippen molar-refractivity contribution in [1.82, 2.24) is 10.2 Å². The Hall–Kier alpha value is -1.37. The Labute approximate surface area is 186 Å². The minimum Gasteiger partial charge on any atom is -0.349 e. The first-order valence-electron chi connectivity index (χ1n) is 11.0. The van der Waals surface area contributed by atoms with Gasteiger partial charge in [0.05, 0.1) is 0 Å². The lowest BCUT2D eigenvalue weighted by Gasteiger charge is -2.45. The molecule has 0 unspecified atom stereocenters. The number of benzene rings is 1. The Morgan fingerprint density at radius 1 is 1.07 bits per heavy atom. The van der Waals surface area contributed by atoms with Crippen LogP contribution in [0.4, 0.5) is 0 Å². The van der Waals surface area contributed by atoms with E-state index in [4.69, 9.17) is 9.47 Å². The van der Waals surface area contributed by atoms with Crippen molar-refractivity contribution in [3.8, 4) is 0 Å². The number of rotatable bonds is 9. The highest BCUT2D eigenvalue weighted by atomic mass is 32.2.